The van der Waals surface area contributed by atoms with Crippen LogP contribution in [-0.4, -0.2) is 15.7 Å². The molecule has 0 radical (unpaired) electrons. The van der Waals surface area contributed by atoms with E-state index in [-0.39, 0.29) is 0 Å². The van der Waals surface area contributed by atoms with Crippen LogP contribution in [0.4, 0.5) is 5.69 Å². The third kappa shape index (κ3) is 3.71. The second kappa shape index (κ2) is 7.06. The van der Waals surface area contributed by atoms with Crippen molar-refractivity contribution in [3.63, 3.8) is 0 Å². The maximum Gasteiger partial charge on any atom is 0.107 e. The number of aryl methyl sites for hydroxylation is 1. The van der Waals surface area contributed by atoms with Crippen LogP contribution in [0.1, 0.15) is 23.2 Å². The minimum Gasteiger partial charge on any atom is -0.389 e. The number of hydrogen-bond donors (Lipinski definition) is 2. The van der Waals surface area contributed by atoms with Crippen molar-refractivity contribution < 1.29 is 0 Å². The van der Waals surface area contributed by atoms with Gasteiger partial charge in [0.05, 0.1) is 17.2 Å². The van der Waals surface area contributed by atoms with Gasteiger partial charge < -0.3 is 11.1 Å². The molecule has 3 nitrogen and oxygen atoms in total. The van der Waals surface area contributed by atoms with Crippen LogP contribution in [0.3, 0.4) is 0 Å². The third-order valence-electron chi connectivity index (χ3n) is 2.70. The van der Waals surface area contributed by atoms with Crippen molar-refractivity contribution in [1.82, 2.24) is 4.98 Å². The van der Waals surface area contributed by atoms with Crippen LogP contribution in [0.2, 0.25) is 0 Å². The van der Waals surface area contributed by atoms with E-state index >= 15 is 0 Å². The minimum absolute atomic E-state index is 0.429. The Kier molecular flexibility index (Phi) is 5.39. The average Bonchev–Trinajstić information content (AvgIpc) is 2.82. The highest BCUT2D eigenvalue weighted by Crippen LogP contribution is 2.29. The molecule has 0 bridgehead atoms. The van der Waals surface area contributed by atoms with Gasteiger partial charge in [0.2, 0.25) is 0 Å². The van der Waals surface area contributed by atoms with Crippen LogP contribution in [0.5, 0.6) is 0 Å². The number of anilines is 1. The zero-order valence-electron chi connectivity index (χ0n) is 11.5. The average molecular weight is 324 g/mol. The van der Waals surface area contributed by atoms with E-state index in [1.807, 2.05) is 19.1 Å². The molecule has 106 valence electrons. The summed E-state index contributed by atoms with van der Waals surface area (Å²) < 4.78 is 0. The fourth-order valence-electron chi connectivity index (χ4n) is 1.88. The van der Waals surface area contributed by atoms with Gasteiger partial charge in [-0.15, -0.1) is 23.1 Å². The summed E-state index contributed by atoms with van der Waals surface area (Å²) in [6, 6.07) is 6.09. The number of thiocarbonyl (C=S) groups is 1. The van der Waals surface area contributed by atoms with E-state index in [0.29, 0.717) is 11.5 Å². The van der Waals surface area contributed by atoms with Gasteiger partial charge in [0, 0.05) is 21.5 Å². The first kappa shape index (κ1) is 15.3. The van der Waals surface area contributed by atoms with Gasteiger partial charge in [-0.1, -0.05) is 25.2 Å². The lowest BCUT2D eigenvalue weighted by molar-refractivity contribution is 1.05. The molecule has 0 aliphatic rings. The molecule has 2 rings (SSSR count). The largest absolute Gasteiger partial charge is 0.389 e. The Bertz CT molecular complexity index is 607. The number of hydrogen-bond acceptors (Lipinski definition) is 5. The fourth-order valence-corrected chi connectivity index (χ4v) is 3.63. The second-order valence-corrected chi connectivity index (χ2v) is 7.00. The van der Waals surface area contributed by atoms with Crippen LogP contribution in [0.25, 0.3) is 0 Å². The molecule has 0 aliphatic heterocycles. The lowest BCUT2D eigenvalue weighted by atomic mass is 10.1. The van der Waals surface area contributed by atoms with E-state index < -0.39 is 0 Å². The molecule has 20 heavy (non-hydrogen) atoms. The number of thiazole rings is 1. The fraction of sp³-hybridized carbons (Fsp3) is 0.286. The second-order valence-electron chi connectivity index (χ2n) is 4.19. The molecular formula is C14H17N3S3. The van der Waals surface area contributed by atoms with Crippen molar-refractivity contribution >= 4 is 46.0 Å². The summed E-state index contributed by atoms with van der Waals surface area (Å²) in [4.78, 5) is 6.00. The van der Waals surface area contributed by atoms with Crippen molar-refractivity contribution in [1.29, 1.82) is 0 Å². The molecule has 6 heteroatoms. The molecule has 0 amide bonds. The predicted molar refractivity (Wildman–Crippen MR) is 92.9 cm³/mol. The van der Waals surface area contributed by atoms with Gasteiger partial charge in [-0.3, -0.25) is 0 Å². The Balaban J connectivity index is 2.22. The first-order chi connectivity index (χ1) is 9.61. The Hall–Kier alpha value is -1.11. The molecule has 1 heterocycles. The molecule has 0 saturated heterocycles. The number of rotatable bonds is 6. The topological polar surface area (TPSA) is 50.9 Å². The summed E-state index contributed by atoms with van der Waals surface area (Å²) >= 11 is 8.60. The van der Waals surface area contributed by atoms with Crippen molar-refractivity contribution in [2.45, 2.75) is 25.3 Å². The summed E-state index contributed by atoms with van der Waals surface area (Å²) in [7, 11) is 0. The van der Waals surface area contributed by atoms with Gasteiger partial charge in [0.25, 0.3) is 0 Å². The Morgan fingerprint density at radius 3 is 2.90 bits per heavy atom. The smallest absolute Gasteiger partial charge is 0.107 e. The highest BCUT2D eigenvalue weighted by atomic mass is 32.2. The van der Waals surface area contributed by atoms with Crippen LogP contribution in [0.15, 0.2) is 28.5 Å². The van der Waals surface area contributed by atoms with Crippen molar-refractivity contribution in [2.75, 3.05) is 11.1 Å². The molecule has 1 aromatic carbocycles. The molecule has 0 unspecified atom stereocenters. The number of thioether (sulfide) groups is 1. The monoisotopic (exact) mass is 323 g/mol. The van der Waals surface area contributed by atoms with Crippen molar-refractivity contribution in [3.05, 3.63) is 39.8 Å². The van der Waals surface area contributed by atoms with Gasteiger partial charge >= 0.3 is 0 Å². The molecular weight excluding hydrogens is 306 g/mol. The van der Waals surface area contributed by atoms with Gasteiger partial charge in [0.15, 0.2) is 0 Å². The van der Waals surface area contributed by atoms with Crippen molar-refractivity contribution in [3.8, 4) is 0 Å². The number of aromatic nitrogens is 1. The number of nitrogens with two attached hydrogens (primary N) is 1. The van der Waals surface area contributed by atoms with Crippen LogP contribution < -0.4 is 11.1 Å². The first-order valence-corrected chi connectivity index (χ1v) is 8.59. The number of nitrogens with zero attached hydrogens (tertiary/aromatic N) is 1. The number of benzene rings is 1. The molecule has 0 atom stereocenters. The standard InChI is InChI=1S/C14H17N3S3/c1-3-19-12-6-4-5-11(13(12)14(15)18)16-7-10-8-20-9(2)17-10/h4-6,8,16H,3,7H2,1-2H3,(H2,15,18). The molecule has 0 saturated carbocycles. The van der Waals surface area contributed by atoms with E-state index in [9.17, 15) is 0 Å². The minimum atomic E-state index is 0.429. The van der Waals surface area contributed by atoms with Crippen LogP contribution in [0, 0.1) is 6.92 Å². The van der Waals surface area contributed by atoms with E-state index in [0.717, 1.165) is 32.6 Å². The summed E-state index contributed by atoms with van der Waals surface area (Å²) in [5.41, 5.74) is 8.83. The molecule has 0 aliphatic carbocycles. The number of nitrogens with one attached hydrogen (secondary N) is 1. The van der Waals surface area contributed by atoms with Gasteiger partial charge in [-0.25, -0.2) is 4.98 Å². The van der Waals surface area contributed by atoms with Gasteiger partial charge in [-0.05, 0) is 24.8 Å². The first-order valence-electron chi connectivity index (χ1n) is 6.32. The summed E-state index contributed by atoms with van der Waals surface area (Å²) in [6.45, 7) is 4.81. The van der Waals surface area contributed by atoms with Gasteiger partial charge in [0.1, 0.15) is 4.99 Å². The molecule has 1 aromatic heterocycles. The van der Waals surface area contributed by atoms with Gasteiger partial charge in [-0.2, -0.15) is 0 Å². The highest BCUT2D eigenvalue weighted by Gasteiger charge is 2.11. The summed E-state index contributed by atoms with van der Waals surface area (Å²) in [5, 5.41) is 6.52. The maximum atomic E-state index is 5.88. The Morgan fingerprint density at radius 2 is 2.30 bits per heavy atom. The van der Waals surface area contributed by atoms with E-state index in [2.05, 4.69) is 28.7 Å². The molecule has 3 N–H and O–H groups in total. The van der Waals surface area contributed by atoms with E-state index in [1.54, 1.807) is 23.1 Å². The lowest BCUT2D eigenvalue weighted by Gasteiger charge is -2.14. The normalized spacial score (nSPS) is 10.5. The highest BCUT2D eigenvalue weighted by molar-refractivity contribution is 7.99. The maximum absolute atomic E-state index is 5.88. The third-order valence-corrected chi connectivity index (χ3v) is 4.67. The SMILES string of the molecule is CCSc1cccc(NCc2csc(C)n2)c1C(N)=S. The Morgan fingerprint density at radius 1 is 1.50 bits per heavy atom. The van der Waals surface area contributed by atoms with E-state index in [1.165, 1.54) is 0 Å². The lowest BCUT2D eigenvalue weighted by Crippen LogP contribution is -2.14. The molecule has 0 spiro atoms. The van der Waals surface area contributed by atoms with E-state index in [4.69, 9.17) is 18.0 Å². The Labute approximate surface area is 133 Å². The van der Waals surface area contributed by atoms with Crippen LogP contribution >= 0.6 is 35.3 Å². The zero-order chi connectivity index (χ0) is 14.5. The quantitative estimate of drug-likeness (QED) is 0.625. The predicted octanol–water partition coefficient (Wildman–Crippen LogP) is 3.81. The summed E-state index contributed by atoms with van der Waals surface area (Å²) in [5.74, 6) is 0.990. The summed E-state index contributed by atoms with van der Waals surface area (Å²) in [6.07, 6.45) is 0. The van der Waals surface area contributed by atoms with Crippen LogP contribution in [-0.2, 0) is 6.54 Å². The zero-order valence-corrected chi connectivity index (χ0v) is 13.9. The molecule has 0 fully saturated rings. The molecule has 2 aromatic rings. The van der Waals surface area contributed by atoms with Crippen molar-refractivity contribution in [2.24, 2.45) is 5.73 Å².